The van der Waals surface area contributed by atoms with Crippen molar-refractivity contribution in [2.45, 2.75) is 19.3 Å². The second-order valence-corrected chi connectivity index (χ2v) is 8.04. The van der Waals surface area contributed by atoms with E-state index in [-0.39, 0.29) is 12.4 Å². The lowest BCUT2D eigenvalue weighted by Crippen LogP contribution is -2.47. The molecule has 1 saturated heterocycles. The molecule has 0 N–H and O–H groups in total. The Morgan fingerprint density at radius 3 is 2.45 bits per heavy atom. The quantitative estimate of drug-likeness (QED) is 0.414. The van der Waals surface area contributed by atoms with Crippen molar-refractivity contribution < 1.29 is 9.47 Å². The number of nitrogens with zero attached hydrogens (tertiary/aromatic N) is 4. The fraction of sp³-hybridized carbons (Fsp3) is 0.385. The number of anilines is 1. The maximum absolute atomic E-state index is 6.17. The van der Waals surface area contributed by atoms with Crippen molar-refractivity contribution in [1.82, 2.24) is 14.9 Å². The molecule has 0 spiro atoms. The highest BCUT2D eigenvalue weighted by Crippen LogP contribution is 2.21. The molecule has 0 unspecified atom stereocenters. The van der Waals surface area contributed by atoms with Crippen LogP contribution in [0.3, 0.4) is 0 Å². The molecule has 6 nitrogen and oxygen atoms in total. The van der Waals surface area contributed by atoms with E-state index in [0.717, 1.165) is 76.0 Å². The van der Waals surface area contributed by atoms with Crippen molar-refractivity contribution in [3.8, 4) is 11.5 Å². The SMILES string of the molecule is COc1cccc(CCc2ccccc2OCCCN2CCN(c3ncccn3)CC2)c1.Cl. The normalized spacial score (nSPS) is 13.9. The molecule has 33 heavy (non-hydrogen) atoms. The lowest BCUT2D eigenvalue weighted by atomic mass is 10.0. The second-order valence-electron chi connectivity index (χ2n) is 8.04. The molecule has 2 aromatic carbocycles. The van der Waals surface area contributed by atoms with Crippen LogP contribution in [-0.2, 0) is 12.8 Å². The highest BCUT2D eigenvalue weighted by Gasteiger charge is 2.18. The van der Waals surface area contributed by atoms with E-state index >= 15 is 0 Å². The standard InChI is InChI=1S/C26H32N4O2.ClH/c1-31-24-9-4-7-22(21-24)11-12-23-8-2-3-10-25(23)32-20-6-15-29-16-18-30(19-17-29)26-27-13-5-14-28-26;/h2-5,7-10,13-14,21H,6,11-12,15-20H2,1H3;1H. The van der Waals surface area contributed by atoms with Gasteiger partial charge < -0.3 is 14.4 Å². The number of hydrogen-bond acceptors (Lipinski definition) is 6. The second kappa shape index (κ2) is 13.0. The van der Waals surface area contributed by atoms with E-state index in [4.69, 9.17) is 9.47 Å². The summed E-state index contributed by atoms with van der Waals surface area (Å²) >= 11 is 0. The van der Waals surface area contributed by atoms with Crippen LogP contribution < -0.4 is 14.4 Å². The van der Waals surface area contributed by atoms with Gasteiger partial charge in [-0.3, -0.25) is 4.90 Å². The van der Waals surface area contributed by atoms with Gasteiger partial charge in [0.15, 0.2) is 0 Å². The number of aromatic nitrogens is 2. The van der Waals surface area contributed by atoms with Crippen LogP contribution in [0, 0.1) is 0 Å². The number of para-hydroxylation sites is 1. The van der Waals surface area contributed by atoms with Gasteiger partial charge >= 0.3 is 0 Å². The van der Waals surface area contributed by atoms with Crippen molar-refractivity contribution in [2.24, 2.45) is 0 Å². The maximum atomic E-state index is 6.17. The molecule has 0 amide bonds. The highest BCUT2D eigenvalue weighted by molar-refractivity contribution is 5.85. The summed E-state index contributed by atoms with van der Waals surface area (Å²) in [6.07, 6.45) is 6.55. The summed E-state index contributed by atoms with van der Waals surface area (Å²) in [5, 5.41) is 0. The predicted molar refractivity (Wildman–Crippen MR) is 135 cm³/mol. The van der Waals surface area contributed by atoms with Gasteiger partial charge in [0.1, 0.15) is 11.5 Å². The monoisotopic (exact) mass is 468 g/mol. The van der Waals surface area contributed by atoms with Gasteiger partial charge in [-0.25, -0.2) is 9.97 Å². The molecule has 0 radical (unpaired) electrons. The summed E-state index contributed by atoms with van der Waals surface area (Å²) < 4.78 is 11.5. The largest absolute Gasteiger partial charge is 0.497 e. The van der Waals surface area contributed by atoms with E-state index in [0.29, 0.717) is 0 Å². The smallest absolute Gasteiger partial charge is 0.225 e. The molecule has 4 rings (SSSR count). The van der Waals surface area contributed by atoms with Gasteiger partial charge in [0.2, 0.25) is 5.95 Å². The molecule has 1 aliphatic rings. The van der Waals surface area contributed by atoms with Crippen LogP contribution in [0.25, 0.3) is 0 Å². The minimum absolute atomic E-state index is 0. The molecule has 2 heterocycles. The molecule has 1 fully saturated rings. The Labute approximate surface area is 203 Å². The molecule has 0 saturated carbocycles. The minimum Gasteiger partial charge on any atom is -0.497 e. The van der Waals surface area contributed by atoms with Crippen LogP contribution in [0.5, 0.6) is 11.5 Å². The van der Waals surface area contributed by atoms with Crippen LogP contribution in [-0.4, -0.2) is 61.3 Å². The summed E-state index contributed by atoms with van der Waals surface area (Å²) in [7, 11) is 1.71. The summed E-state index contributed by atoms with van der Waals surface area (Å²) in [6, 6.07) is 18.5. The number of methoxy groups -OCH3 is 1. The summed E-state index contributed by atoms with van der Waals surface area (Å²) in [4.78, 5) is 13.5. The first-order valence-electron chi connectivity index (χ1n) is 11.4. The number of halogens is 1. The Morgan fingerprint density at radius 2 is 1.67 bits per heavy atom. The van der Waals surface area contributed by atoms with E-state index in [1.165, 1.54) is 11.1 Å². The zero-order valence-corrected chi connectivity index (χ0v) is 20.0. The molecular weight excluding hydrogens is 436 g/mol. The average Bonchev–Trinajstić information content (AvgIpc) is 2.87. The lowest BCUT2D eigenvalue weighted by molar-refractivity contribution is 0.223. The van der Waals surface area contributed by atoms with E-state index in [2.05, 4.69) is 56.2 Å². The molecule has 1 aliphatic heterocycles. The summed E-state index contributed by atoms with van der Waals surface area (Å²) in [6.45, 7) is 5.80. The van der Waals surface area contributed by atoms with Gasteiger partial charge in [-0.05, 0) is 54.7 Å². The number of rotatable bonds is 10. The number of hydrogen-bond donors (Lipinski definition) is 0. The van der Waals surface area contributed by atoms with Gasteiger partial charge in [-0.15, -0.1) is 12.4 Å². The first-order chi connectivity index (χ1) is 15.8. The molecular formula is C26H33ClN4O2. The predicted octanol–water partition coefficient (Wildman–Crippen LogP) is 4.28. The number of aryl methyl sites for hydroxylation is 2. The molecule has 1 aromatic heterocycles. The highest BCUT2D eigenvalue weighted by atomic mass is 35.5. The van der Waals surface area contributed by atoms with Crippen LogP contribution >= 0.6 is 12.4 Å². The Balaban J connectivity index is 0.00000306. The van der Waals surface area contributed by atoms with Gasteiger partial charge in [-0.2, -0.15) is 0 Å². The van der Waals surface area contributed by atoms with E-state index in [1.54, 1.807) is 19.5 Å². The topological polar surface area (TPSA) is 50.7 Å². The lowest BCUT2D eigenvalue weighted by Gasteiger charge is -2.34. The molecule has 0 atom stereocenters. The van der Waals surface area contributed by atoms with E-state index in [1.807, 2.05) is 18.2 Å². The average molecular weight is 469 g/mol. The third-order valence-electron chi connectivity index (χ3n) is 5.87. The third-order valence-corrected chi connectivity index (χ3v) is 5.87. The number of benzene rings is 2. The van der Waals surface area contributed by atoms with Crippen LogP contribution in [0.15, 0.2) is 67.0 Å². The Hall–Kier alpha value is -2.83. The fourth-order valence-electron chi connectivity index (χ4n) is 4.05. The van der Waals surface area contributed by atoms with E-state index in [9.17, 15) is 0 Å². The van der Waals surface area contributed by atoms with Crippen molar-refractivity contribution in [3.05, 3.63) is 78.1 Å². The van der Waals surface area contributed by atoms with Gasteiger partial charge in [0.05, 0.1) is 13.7 Å². The summed E-state index contributed by atoms with van der Waals surface area (Å²) in [5.41, 5.74) is 2.53. The summed E-state index contributed by atoms with van der Waals surface area (Å²) in [5.74, 6) is 2.74. The Kier molecular flexibility index (Phi) is 9.78. The number of piperazine rings is 1. The number of ether oxygens (including phenoxy) is 2. The zero-order valence-electron chi connectivity index (χ0n) is 19.2. The van der Waals surface area contributed by atoms with Crippen molar-refractivity contribution in [1.29, 1.82) is 0 Å². The van der Waals surface area contributed by atoms with Gasteiger partial charge in [-0.1, -0.05) is 30.3 Å². The molecule has 7 heteroatoms. The maximum Gasteiger partial charge on any atom is 0.225 e. The zero-order chi connectivity index (χ0) is 22.0. The Morgan fingerprint density at radius 1 is 0.879 bits per heavy atom. The minimum atomic E-state index is 0. The molecule has 0 aliphatic carbocycles. The van der Waals surface area contributed by atoms with Gasteiger partial charge in [0, 0.05) is 45.1 Å². The fourth-order valence-corrected chi connectivity index (χ4v) is 4.05. The van der Waals surface area contributed by atoms with Crippen molar-refractivity contribution >= 4 is 18.4 Å². The molecule has 3 aromatic rings. The first-order valence-corrected chi connectivity index (χ1v) is 11.4. The Bertz CT molecular complexity index is 965. The third kappa shape index (κ3) is 7.34. The van der Waals surface area contributed by atoms with E-state index < -0.39 is 0 Å². The van der Waals surface area contributed by atoms with Gasteiger partial charge in [0.25, 0.3) is 0 Å². The van der Waals surface area contributed by atoms with Crippen LogP contribution in [0.2, 0.25) is 0 Å². The molecule has 0 bridgehead atoms. The molecule has 176 valence electrons. The van der Waals surface area contributed by atoms with Crippen LogP contribution in [0.4, 0.5) is 5.95 Å². The first kappa shape index (κ1) is 24.8. The van der Waals surface area contributed by atoms with Crippen molar-refractivity contribution in [2.75, 3.05) is 51.3 Å². The van der Waals surface area contributed by atoms with Crippen molar-refractivity contribution in [3.63, 3.8) is 0 Å². The van der Waals surface area contributed by atoms with Crippen LogP contribution in [0.1, 0.15) is 17.5 Å².